The van der Waals surface area contributed by atoms with Crippen molar-refractivity contribution in [3.8, 4) is 0 Å². The van der Waals surface area contributed by atoms with Gasteiger partial charge in [0, 0.05) is 24.5 Å². The highest BCUT2D eigenvalue weighted by Gasteiger charge is 2.34. The third kappa shape index (κ3) is 2.25. The van der Waals surface area contributed by atoms with Crippen molar-refractivity contribution in [2.45, 2.75) is 20.4 Å². The van der Waals surface area contributed by atoms with Crippen LogP contribution in [0.5, 0.6) is 0 Å². The van der Waals surface area contributed by atoms with Gasteiger partial charge in [0.15, 0.2) is 0 Å². The number of hydrogen-bond donors (Lipinski definition) is 1. The van der Waals surface area contributed by atoms with Gasteiger partial charge in [-0.3, -0.25) is 9.69 Å². The maximum atomic E-state index is 11.0. The standard InChI is InChI=1S/C11H16N2O2S/c1-7-3-13(4-9(7)11(14)15)5-10-8(2)12-6-16-10/h6-7,9H,3-5H2,1-2H3,(H,14,15)/t7-,9-/m1/s1. The van der Waals surface area contributed by atoms with E-state index in [2.05, 4.69) is 9.88 Å². The highest BCUT2D eigenvalue weighted by atomic mass is 32.1. The molecule has 16 heavy (non-hydrogen) atoms. The molecule has 4 nitrogen and oxygen atoms in total. The van der Waals surface area contributed by atoms with Crippen LogP contribution in [-0.4, -0.2) is 34.0 Å². The van der Waals surface area contributed by atoms with Gasteiger partial charge in [0.2, 0.25) is 0 Å². The average molecular weight is 240 g/mol. The normalized spacial score (nSPS) is 26.1. The molecule has 2 rings (SSSR count). The van der Waals surface area contributed by atoms with Crippen LogP contribution in [0.2, 0.25) is 0 Å². The Kier molecular flexibility index (Phi) is 3.25. The lowest BCUT2D eigenvalue weighted by Crippen LogP contribution is -2.23. The second kappa shape index (κ2) is 4.51. The summed E-state index contributed by atoms with van der Waals surface area (Å²) >= 11 is 1.65. The number of aromatic nitrogens is 1. The van der Waals surface area contributed by atoms with Crippen LogP contribution in [0.1, 0.15) is 17.5 Å². The molecule has 2 atom stereocenters. The first kappa shape index (κ1) is 11.5. The minimum absolute atomic E-state index is 0.215. The van der Waals surface area contributed by atoms with Crippen LogP contribution in [0.4, 0.5) is 0 Å². The van der Waals surface area contributed by atoms with Gasteiger partial charge < -0.3 is 5.11 Å². The highest BCUT2D eigenvalue weighted by Crippen LogP contribution is 2.26. The third-order valence-corrected chi connectivity index (χ3v) is 4.14. The minimum Gasteiger partial charge on any atom is -0.481 e. The van der Waals surface area contributed by atoms with Gasteiger partial charge >= 0.3 is 5.97 Å². The van der Waals surface area contributed by atoms with Crippen LogP contribution in [-0.2, 0) is 11.3 Å². The fourth-order valence-electron chi connectivity index (χ4n) is 2.20. The molecule has 0 amide bonds. The molecule has 0 aromatic carbocycles. The molecule has 0 aliphatic carbocycles. The first-order valence-electron chi connectivity index (χ1n) is 5.42. The molecule has 0 unspecified atom stereocenters. The zero-order valence-corrected chi connectivity index (χ0v) is 10.3. The maximum Gasteiger partial charge on any atom is 0.308 e. The van der Waals surface area contributed by atoms with E-state index < -0.39 is 5.97 Å². The topological polar surface area (TPSA) is 53.4 Å². The van der Waals surface area contributed by atoms with Crippen molar-refractivity contribution in [2.24, 2.45) is 11.8 Å². The fraction of sp³-hybridized carbons (Fsp3) is 0.636. The highest BCUT2D eigenvalue weighted by molar-refractivity contribution is 7.09. The summed E-state index contributed by atoms with van der Waals surface area (Å²) in [5.41, 5.74) is 2.91. The van der Waals surface area contributed by atoms with Crippen LogP contribution in [0, 0.1) is 18.8 Å². The summed E-state index contributed by atoms with van der Waals surface area (Å²) in [7, 11) is 0. The summed E-state index contributed by atoms with van der Waals surface area (Å²) in [6.45, 7) is 6.38. The number of carboxylic acids is 1. The molecule has 5 heteroatoms. The zero-order valence-electron chi connectivity index (χ0n) is 9.51. The minimum atomic E-state index is -0.670. The van der Waals surface area contributed by atoms with Crippen molar-refractivity contribution < 1.29 is 9.90 Å². The van der Waals surface area contributed by atoms with Gasteiger partial charge in [0.1, 0.15) is 0 Å². The molecule has 1 aliphatic rings. The van der Waals surface area contributed by atoms with Crippen molar-refractivity contribution in [2.75, 3.05) is 13.1 Å². The van der Waals surface area contributed by atoms with E-state index in [0.29, 0.717) is 6.54 Å². The van der Waals surface area contributed by atoms with Gasteiger partial charge in [0.05, 0.1) is 17.1 Å². The van der Waals surface area contributed by atoms with Crippen molar-refractivity contribution in [3.63, 3.8) is 0 Å². The molecule has 88 valence electrons. The largest absolute Gasteiger partial charge is 0.481 e. The van der Waals surface area contributed by atoms with E-state index in [1.165, 1.54) is 4.88 Å². The van der Waals surface area contributed by atoms with Crippen molar-refractivity contribution in [1.29, 1.82) is 0 Å². The van der Waals surface area contributed by atoms with Crippen LogP contribution in [0.15, 0.2) is 5.51 Å². The molecule has 0 bridgehead atoms. The Labute approximate surface area is 98.9 Å². The van der Waals surface area contributed by atoms with E-state index in [4.69, 9.17) is 5.11 Å². The number of aryl methyl sites for hydroxylation is 1. The number of aliphatic carboxylic acids is 1. The predicted octanol–water partition coefficient (Wildman–Crippen LogP) is 1.60. The summed E-state index contributed by atoms with van der Waals surface area (Å²) in [5.74, 6) is -0.644. The fourth-order valence-corrected chi connectivity index (χ4v) is 3.02. The SMILES string of the molecule is Cc1ncsc1CN1C[C@@H](C)[C@H](C(=O)O)C1. The Bertz CT molecular complexity index is 391. The summed E-state index contributed by atoms with van der Waals surface area (Å²) in [5, 5.41) is 9.05. The summed E-state index contributed by atoms with van der Waals surface area (Å²) < 4.78 is 0. The molecule has 1 aromatic rings. The van der Waals surface area contributed by atoms with Gasteiger partial charge in [-0.2, -0.15) is 0 Å². The Balaban J connectivity index is 1.99. The number of thiazole rings is 1. The first-order valence-corrected chi connectivity index (χ1v) is 6.30. The molecule has 1 N–H and O–H groups in total. The quantitative estimate of drug-likeness (QED) is 0.872. The predicted molar refractivity (Wildman–Crippen MR) is 62.4 cm³/mol. The van der Waals surface area contributed by atoms with E-state index in [0.717, 1.165) is 18.8 Å². The van der Waals surface area contributed by atoms with E-state index in [-0.39, 0.29) is 11.8 Å². The average Bonchev–Trinajstić information content (AvgIpc) is 2.75. The molecule has 0 spiro atoms. The zero-order chi connectivity index (χ0) is 11.7. The molecule has 1 aliphatic heterocycles. The van der Waals surface area contributed by atoms with Crippen molar-refractivity contribution in [3.05, 3.63) is 16.1 Å². The van der Waals surface area contributed by atoms with Crippen LogP contribution < -0.4 is 0 Å². The monoisotopic (exact) mass is 240 g/mol. The lowest BCUT2D eigenvalue weighted by Gasteiger charge is -2.13. The van der Waals surface area contributed by atoms with Gasteiger partial charge in [-0.15, -0.1) is 11.3 Å². The van der Waals surface area contributed by atoms with Crippen molar-refractivity contribution in [1.82, 2.24) is 9.88 Å². The summed E-state index contributed by atoms with van der Waals surface area (Å²) in [6.07, 6.45) is 0. The second-order valence-electron chi connectivity index (χ2n) is 4.48. The lowest BCUT2D eigenvalue weighted by molar-refractivity contribution is -0.142. The number of carboxylic acid groups (broad SMARTS) is 1. The number of carbonyl (C=O) groups is 1. The van der Waals surface area contributed by atoms with Crippen LogP contribution >= 0.6 is 11.3 Å². The van der Waals surface area contributed by atoms with Crippen LogP contribution in [0.3, 0.4) is 0 Å². The molecule has 1 fully saturated rings. The second-order valence-corrected chi connectivity index (χ2v) is 5.42. The van der Waals surface area contributed by atoms with Gasteiger partial charge in [-0.1, -0.05) is 6.92 Å². The summed E-state index contributed by atoms with van der Waals surface area (Å²) in [4.78, 5) is 18.7. The van der Waals surface area contributed by atoms with Gasteiger partial charge in [-0.25, -0.2) is 4.98 Å². The molecule has 0 saturated carbocycles. The Morgan fingerprint density at radius 2 is 2.44 bits per heavy atom. The maximum absolute atomic E-state index is 11.0. The van der Waals surface area contributed by atoms with Crippen LogP contribution in [0.25, 0.3) is 0 Å². The molecular formula is C11H16N2O2S. The van der Waals surface area contributed by atoms with E-state index >= 15 is 0 Å². The molecule has 0 radical (unpaired) electrons. The number of nitrogens with zero attached hydrogens (tertiary/aromatic N) is 2. The number of rotatable bonds is 3. The molecule has 2 heterocycles. The molecular weight excluding hydrogens is 224 g/mol. The van der Waals surface area contributed by atoms with E-state index in [9.17, 15) is 4.79 Å². The molecule has 1 saturated heterocycles. The Hall–Kier alpha value is -0.940. The van der Waals surface area contributed by atoms with E-state index in [1.54, 1.807) is 11.3 Å². The van der Waals surface area contributed by atoms with Gasteiger partial charge in [-0.05, 0) is 12.8 Å². The van der Waals surface area contributed by atoms with Gasteiger partial charge in [0.25, 0.3) is 0 Å². The van der Waals surface area contributed by atoms with Crippen molar-refractivity contribution >= 4 is 17.3 Å². The Morgan fingerprint density at radius 3 is 2.94 bits per heavy atom. The number of hydrogen-bond acceptors (Lipinski definition) is 4. The first-order chi connectivity index (χ1) is 7.58. The van der Waals surface area contributed by atoms with E-state index in [1.807, 2.05) is 19.4 Å². The molecule has 1 aromatic heterocycles. The Morgan fingerprint density at radius 1 is 1.69 bits per heavy atom. The third-order valence-electron chi connectivity index (χ3n) is 3.22. The summed E-state index contributed by atoms with van der Waals surface area (Å²) in [6, 6.07) is 0. The lowest BCUT2D eigenvalue weighted by atomic mass is 9.99. The smallest absolute Gasteiger partial charge is 0.308 e. The number of likely N-dealkylation sites (tertiary alicyclic amines) is 1.